The van der Waals surface area contributed by atoms with Gasteiger partial charge in [-0.1, -0.05) is 23.7 Å². The first-order chi connectivity index (χ1) is 15.2. The van der Waals surface area contributed by atoms with Crippen LogP contribution in [0.5, 0.6) is 0 Å². The molecule has 0 saturated heterocycles. The second-order valence-electron chi connectivity index (χ2n) is 8.41. The van der Waals surface area contributed by atoms with E-state index in [1.165, 1.54) is 23.0 Å². The average molecular weight is 473 g/mol. The minimum Gasteiger partial charge on any atom is -0.330 e. The number of benzene rings is 1. The van der Waals surface area contributed by atoms with Crippen molar-refractivity contribution in [1.82, 2.24) is 14.8 Å². The van der Waals surface area contributed by atoms with Gasteiger partial charge in [0.2, 0.25) is 0 Å². The fourth-order valence-corrected chi connectivity index (χ4v) is 5.21. The number of pyridine rings is 1. The molecule has 3 aromatic rings. The van der Waals surface area contributed by atoms with E-state index < -0.39 is 9.84 Å². The lowest BCUT2D eigenvalue weighted by Crippen LogP contribution is -2.41. The van der Waals surface area contributed by atoms with Crippen molar-refractivity contribution >= 4 is 21.4 Å². The lowest BCUT2D eigenvalue weighted by atomic mass is 9.68. The summed E-state index contributed by atoms with van der Waals surface area (Å²) < 4.78 is 25.3. The Morgan fingerprint density at radius 1 is 1.16 bits per heavy atom. The van der Waals surface area contributed by atoms with Crippen LogP contribution in [0.4, 0.5) is 0 Å². The highest BCUT2D eigenvalue weighted by atomic mass is 35.5. The number of hydrogen-bond acceptors (Lipinski definition) is 6. The zero-order chi connectivity index (χ0) is 22.9. The normalized spacial score (nSPS) is 21.4. The molecule has 0 unspecified atom stereocenters. The quantitative estimate of drug-likeness (QED) is 0.609. The highest BCUT2D eigenvalue weighted by Crippen LogP contribution is 2.42. The van der Waals surface area contributed by atoms with E-state index in [1.807, 2.05) is 18.2 Å². The predicted octanol–water partition coefficient (Wildman–Crippen LogP) is 3.37. The smallest absolute Gasteiger partial charge is 0.267 e. The summed E-state index contributed by atoms with van der Waals surface area (Å²) in [6.07, 6.45) is 7.12. The van der Waals surface area contributed by atoms with E-state index in [0.717, 1.165) is 37.5 Å². The van der Waals surface area contributed by atoms with Gasteiger partial charge in [0.25, 0.3) is 5.56 Å². The van der Waals surface area contributed by atoms with E-state index in [-0.39, 0.29) is 21.9 Å². The molecule has 0 atom stereocenters. The second kappa shape index (κ2) is 8.77. The molecule has 0 bridgehead atoms. The molecule has 9 heteroatoms. The van der Waals surface area contributed by atoms with Gasteiger partial charge in [-0.2, -0.15) is 5.10 Å². The number of sulfone groups is 1. The fourth-order valence-electron chi connectivity index (χ4n) is 4.43. The van der Waals surface area contributed by atoms with E-state index in [9.17, 15) is 13.2 Å². The summed E-state index contributed by atoms with van der Waals surface area (Å²) in [7, 11) is -3.40. The Morgan fingerprint density at radius 2 is 1.91 bits per heavy atom. The molecule has 2 aromatic heterocycles. The van der Waals surface area contributed by atoms with Gasteiger partial charge in [-0.25, -0.2) is 13.1 Å². The maximum absolute atomic E-state index is 12.6. The van der Waals surface area contributed by atoms with Crippen molar-refractivity contribution in [3.63, 3.8) is 0 Å². The van der Waals surface area contributed by atoms with Gasteiger partial charge in [-0.05, 0) is 55.5 Å². The van der Waals surface area contributed by atoms with Crippen molar-refractivity contribution < 1.29 is 8.42 Å². The fraction of sp³-hybridized carbons (Fsp3) is 0.348. The minimum atomic E-state index is -3.40. The predicted molar refractivity (Wildman–Crippen MR) is 125 cm³/mol. The summed E-state index contributed by atoms with van der Waals surface area (Å²) in [5.74, 6) is 0. The van der Waals surface area contributed by atoms with Crippen molar-refractivity contribution in [3.8, 4) is 11.3 Å². The SMILES string of the molecule is CS(=O)(=O)c1cncc(-c2ccc(=O)n([C@H]3CC[C@@](CN)(c4cccc(Cl)c4)CC3)n2)c1. The molecule has 0 radical (unpaired) electrons. The zero-order valence-electron chi connectivity index (χ0n) is 17.7. The maximum atomic E-state index is 12.6. The van der Waals surface area contributed by atoms with E-state index in [4.69, 9.17) is 17.3 Å². The molecule has 0 aliphatic heterocycles. The summed E-state index contributed by atoms with van der Waals surface area (Å²) in [5.41, 5.74) is 8.03. The lowest BCUT2D eigenvalue weighted by molar-refractivity contribution is 0.222. The molecule has 168 valence electrons. The molecule has 32 heavy (non-hydrogen) atoms. The summed E-state index contributed by atoms with van der Waals surface area (Å²) in [5, 5.41) is 5.25. The Kier molecular flexibility index (Phi) is 6.20. The number of aromatic nitrogens is 3. The number of halogens is 1. The van der Waals surface area contributed by atoms with Crippen LogP contribution in [-0.4, -0.2) is 36.0 Å². The van der Waals surface area contributed by atoms with Gasteiger partial charge in [0, 0.05) is 47.3 Å². The lowest BCUT2D eigenvalue weighted by Gasteiger charge is -2.40. The minimum absolute atomic E-state index is 0.0626. The molecular formula is C23H25ClN4O3S. The Labute approximate surface area is 192 Å². The van der Waals surface area contributed by atoms with Crippen LogP contribution in [-0.2, 0) is 15.3 Å². The van der Waals surface area contributed by atoms with Gasteiger partial charge < -0.3 is 5.73 Å². The number of hydrogen-bond donors (Lipinski definition) is 1. The molecule has 1 aliphatic carbocycles. The van der Waals surface area contributed by atoms with E-state index in [2.05, 4.69) is 16.1 Å². The molecule has 1 saturated carbocycles. The van der Waals surface area contributed by atoms with Crippen LogP contribution in [0.1, 0.15) is 37.3 Å². The molecule has 1 aliphatic rings. The molecule has 2 N–H and O–H groups in total. The first-order valence-electron chi connectivity index (χ1n) is 10.4. The Bertz CT molecular complexity index is 1300. The van der Waals surface area contributed by atoms with Gasteiger partial charge in [-0.15, -0.1) is 0 Å². The molecule has 7 nitrogen and oxygen atoms in total. The number of rotatable bonds is 5. The molecule has 1 aromatic carbocycles. The molecule has 0 amide bonds. The van der Waals surface area contributed by atoms with Gasteiger partial charge in [0.15, 0.2) is 9.84 Å². The van der Waals surface area contributed by atoms with Crippen LogP contribution in [0, 0.1) is 0 Å². The monoisotopic (exact) mass is 472 g/mol. The summed E-state index contributed by atoms with van der Waals surface area (Å²) in [4.78, 5) is 16.8. The third kappa shape index (κ3) is 4.48. The maximum Gasteiger partial charge on any atom is 0.267 e. The van der Waals surface area contributed by atoms with Crippen LogP contribution >= 0.6 is 11.6 Å². The van der Waals surface area contributed by atoms with Crippen LogP contribution in [0.25, 0.3) is 11.3 Å². The van der Waals surface area contributed by atoms with Gasteiger partial charge in [-0.3, -0.25) is 9.78 Å². The van der Waals surface area contributed by atoms with Gasteiger partial charge in [0.1, 0.15) is 0 Å². The Morgan fingerprint density at radius 3 is 2.56 bits per heavy atom. The van der Waals surface area contributed by atoms with E-state index >= 15 is 0 Å². The third-order valence-electron chi connectivity index (χ3n) is 6.35. The highest BCUT2D eigenvalue weighted by Gasteiger charge is 2.37. The van der Waals surface area contributed by atoms with E-state index in [0.29, 0.717) is 22.8 Å². The summed E-state index contributed by atoms with van der Waals surface area (Å²) in [6.45, 7) is 0.506. The van der Waals surface area contributed by atoms with Crippen molar-refractivity contribution in [2.45, 2.75) is 42.0 Å². The second-order valence-corrected chi connectivity index (χ2v) is 10.9. The van der Waals surface area contributed by atoms with Crippen molar-refractivity contribution in [2.75, 3.05) is 12.8 Å². The molecule has 0 spiro atoms. The van der Waals surface area contributed by atoms with Crippen LogP contribution in [0.3, 0.4) is 0 Å². The van der Waals surface area contributed by atoms with Crippen molar-refractivity contribution in [2.24, 2.45) is 5.73 Å². The van der Waals surface area contributed by atoms with Crippen LogP contribution in [0.2, 0.25) is 5.02 Å². The van der Waals surface area contributed by atoms with E-state index in [1.54, 1.807) is 12.3 Å². The first kappa shape index (κ1) is 22.6. The highest BCUT2D eigenvalue weighted by molar-refractivity contribution is 7.90. The van der Waals surface area contributed by atoms with Gasteiger partial charge in [0.05, 0.1) is 16.6 Å². The summed E-state index contributed by atoms with van der Waals surface area (Å²) in [6, 6.07) is 12.4. The molecule has 4 rings (SSSR count). The first-order valence-corrected chi connectivity index (χ1v) is 12.7. The largest absolute Gasteiger partial charge is 0.330 e. The number of nitrogens with zero attached hydrogens (tertiary/aromatic N) is 3. The van der Waals surface area contributed by atoms with Crippen molar-refractivity contribution in [1.29, 1.82) is 0 Å². The average Bonchev–Trinajstić information content (AvgIpc) is 2.79. The molecule has 1 fully saturated rings. The van der Waals surface area contributed by atoms with Gasteiger partial charge >= 0.3 is 0 Å². The number of nitrogens with two attached hydrogens (primary N) is 1. The topological polar surface area (TPSA) is 108 Å². The standard InChI is InChI=1S/C23H25ClN4O3S/c1-32(30,31)20-11-16(13-26-14-20)21-5-6-22(29)28(27-21)19-7-9-23(15-25,10-8-19)17-3-2-4-18(24)12-17/h2-6,11-14,19H,7-10,15,25H2,1H3/t19-,23+. The molecule has 2 heterocycles. The Hall–Kier alpha value is -2.55. The summed E-state index contributed by atoms with van der Waals surface area (Å²) >= 11 is 6.20. The molecular weight excluding hydrogens is 448 g/mol. The van der Waals surface area contributed by atoms with Crippen LogP contribution in [0.15, 0.2) is 64.5 Å². The zero-order valence-corrected chi connectivity index (χ0v) is 19.3. The van der Waals surface area contributed by atoms with Crippen molar-refractivity contribution in [3.05, 3.63) is 75.8 Å². The third-order valence-corrected chi connectivity index (χ3v) is 7.66. The van der Waals surface area contributed by atoms with Crippen LogP contribution < -0.4 is 11.3 Å². The Balaban J connectivity index is 1.62.